The first-order valence-electron chi connectivity index (χ1n) is 5.77. The van der Waals surface area contributed by atoms with Crippen LogP contribution in [-0.4, -0.2) is 42.5 Å². The van der Waals surface area contributed by atoms with E-state index in [9.17, 15) is 0 Å². The number of hydrogen-bond acceptors (Lipinski definition) is 3. The van der Waals surface area contributed by atoms with Crippen molar-refractivity contribution < 1.29 is 4.42 Å². The highest BCUT2D eigenvalue weighted by Gasteiger charge is 2.16. The van der Waals surface area contributed by atoms with Crippen LogP contribution in [0.1, 0.15) is 18.2 Å². The van der Waals surface area contributed by atoms with E-state index >= 15 is 0 Å². The zero-order chi connectivity index (χ0) is 10.7. The van der Waals surface area contributed by atoms with Crippen molar-refractivity contribution in [1.29, 1.82) is 0 Å². The summed E-state index contributed by atoms with van der Waals surface area (Å²) in [6, 6.07) is 2.08. The fraction of sp³-hybridized carbons (Fsp3) is 0.667. The van der Waals surface area contributed by atoms with E-state index < -0.39 is 0 Å². The lowest BCUT2D eigenvalue weighted by Crippen LogP contribution is -2.45. The molecule has 0 unspecified atom stereocenters. The van der Waals surface area contributed by atoms with Crippen LogP contribution in [0.3, 0.4) is 0 Å². The topological polar surface area (TPSA) is 19.6 Å². The molecule has 0 aliphatic carbocycles. The van der Waals surface area contributed by atoms with Crippen molar-refractivity contribution in [3.8, 4) is 0 Å². The van der Waals surface area contributed by atoms with Crippen molar-refractivity contribution >= 4 is 0 Å². The van der Waals surface area contributed by atoms with Crippen molar-refractivity contribution in [3.63, 3.8) is 0 Å². The Bertz CT molecular complexity index is 300. The van der Waals surface area contributed by atoms with Gasteiger partial charge in [0.15, 0.2) is 0 Å². The zero-order valence-electron chi connectivity index (χ0n) is 9.70. The van der Waals surface area contributed by atoms with Gasteiger partial charge in [0.1, 0.15) is 5.76 Å². The molecule has 0 spiro atoms. The van der Waals surface area contributed by atoms with E-state index in [0.29, 0.717) is 0 Å². The standard InChI is InChI=1S/C12H20N2O/c1-3-13-5-7-14(8-6-13)10-12-4-9-15-11(12)2/h4,9H,3,5-8,10H2,1-2H3. The summed E-state index contributed by atoms with van der Waals surface area (Å²) >= 11 is 0. The molecule has 0 amide bonds. The second kappa shape index (κ2) is 4.81. The van der Waals surface area contributed by atoms with Crippen molar-refractivity contribution in [3.05, 3.63) is 23.7 Å². The molecular formula is C12H20N2O. The van der Waals surface area contributed by atoms with Gasteiger partial charge in [-0.3, -0.25) is 4.90 Å². The van der Waals surface area contributed by atoms with Gasteiger partial charge in [0.2, 0.25) is 0 Å². The maximum atomic E-state index is 5.31. The monoisotopic (exact) mass is 208 g/mol. The van der Waals surface area contributed by atoms with Gasteiger partial charge < -0.3 is 9.32 Å². The lowest BCUT2D eigenvalue weighted by Gasteiger charge is -2.33. The molecule has 0 bridgehead atoms. The maximum Gasteiger partial charge on any atom is 0.105 e. The summed E-state index contributed by atoms with van der Waals surface area (Å²) in [4.78, 5) is 5.00. The molecule has 1 aromatic rings. The van der Waals surface area contributed by atoms with Crippen LogP contribution in [-0.2, 0) is 6.54 Å². The first-order chi connectivity index (χ1) is 7.29. The van der Waals surface area contributed by atoms with Gasteiger partial charge in [-0.05, 0) is 19.5 Å². The summed E-state index contributed by atoms with van der Waals surface area (Å²) in [6.07, 6.45) is 1.78. The second-order valence-electron chi connectivity index (χ2n) is 4.21. The van der Waals surface area contributed by atoms with Crippen molar-refractivity contribution in [2.24, 2.45) is 0 Å². The normalized spacial score (nSPS) is 19.6. The number of nitrogens with zero attached hydrogens (tertiary/aromatic N) is 2. The highest BCUT2D eigenvalue weighted by Crippen LogP contribution is 2.13. The quantitative estimate of drug-likeness (QED) is 0.754. The second-order valence-corrected chi connectivity index (χ2v) is 4.21. The van der Waals surface area contributed by atoms with Gasteiger partial charge in [0.05, 0.1) is 6.26 Å². The van der Waals surface area contributed by atoms with E-state index in [1.165, 1.54) is 38.3 Å². The summed E-state index contributed by atoms with van der Waals surface area (Å²) in [5, 5.41) is 0. The number of aryl methyl sites for hydroxylation is 1. The summed E-state index contributed by atoms with van der Waals surface area (Å²) in [5.74, 6) is 1.06. The molecule has 2 heterocycles. The maximum absolute atomic E-state index is 5.31. The number of piperazine rings is 1. The molecule has 3 nitrogen and oxygen atoms in total. The van der Waals surface area contributed by atoms with Crippen LogP contribution >= 0.6 is 0 Å². The third-order valence-corrected chi connectivity index (χ3v) is 3.27. The fourth-order valence-corrected chi connectivity index (χ4v) is 2.08. The molecule has 0 atom stereocenters. The number of likely N-dealkylation sites (N-methyl/N-ethyl adjacent to an activating group) is 1. The minimum atomic E-state index is 1.04. The van der Waals surface area contributed by atoms with Gasteiger partial charge in [-0.1, -0.05) is 6.92 Å². The summed E-state index contributed by atoms with van der Waals surface area (Å²) in [6.45, 7) is 11.3. The average Bonchev–Trinajstić information content (AvgIpc) is 2.66. The lowest BCUT2D eigenvalue weighted by atomic mass is 10.2. The minimum Gasteiger partial charge on any atom is -0.469 e. The molecule has 3 heteroatoms. The molecule has 0 saturated carbocycles. The Morgan fingerprint density at radius 2 is 1.87 bits per heavy atom. The van der Waals surface area contributed by atoms with Gasteiger partial charge in [-0.25, -0.2) is 0 Å². The molecule has 0 radical (unpaired) electrons. The van der Waals surface area contributed by atoms with Crippen molar-refractivity contribution in [2.75, 3.05) is 32.7 Å². The summed E-state index contributed by atoms with van der Waals surface area (Å²) < 4.78 is 5.31. The van der Waals surface area contributed by atoms with E-state index in [0.717, 1.165) is 12.3 Å². The molecule has 84 valence electrons. The minimum absolute atomic E-state index is 1.04. The zero-order valence-corrected chi connectivity index (χ0v) is 9.70. The van der Waals surface area contributed by atoms with Gasteiger partial charge in [-0.15, -0.1) is 0 Å². The van der Waals surface area contributed by atoms with Crippen LogP contribution in [0.5, 0.6) is 0 Å². The lowest BCUT2D eigenvalue weighted by molar-refractivity contribution is 0.131. The Labute approximate surface area is 91.7 Å². The van der Waals surface area contributed by atoms with Crippen LogP contribution in [0.25, 0.3) is 0 Å². The van der Waals surface area contributed by atoms with E-state index in [1.54, 1.807) is 6.26 Å². The molecule has 1 saturated heterocycles. The summed E-state index contributed by atoms with van der Waals surface area (Å²) in [7, 11) is 0. The first kappa shape index (κ1) is 10.7. The van der Waals surface area contributed by atoms with E-state index in [2.05, 4.69) is 22.8 Å². The Hall–Kier alpha value is -0.800. The first-order valence-corrected chi connectivity index (χ1v) is 5.77. The predicted molar refractivity (Wildman–Crippen MR) is 60.8 cm³/mol. The van der Waals surface area contributed by atoms with Crippen LogP contribution < -0.4 is 0 Å². The van der Waals surface area contributed by atoms with Crippen LogP contribution in [0, 0.1) is 6.92 Å². The highest BCUT2D eigenvalue weighted by atomic mass is 16.3. The smallest absolute Gasteiger partial charge is 0.105 e. The molecule has 0 N–H and O–H groups in total. The number of furan rings is 1. The third kappa shape index (κ3) is 2.61. The Morgan fingerprint density at radius 3 is 2.40 bits per heavy atom. The molecule has 0 aromatic carbocycles. The van der Waals surface area contributed by atoms with E-state index in [1.807, 2.05) is 6.92 Å². The van der Waals surface area contributed by atoms with Crippen LogP contribution in [0.2, 0.25) is 0 Å². The molecular weight excluding hydrogens is 188 g/mol. The van der Waals surface area contributed by atoms with Gasteiger partial charge >= 0.3 is 0 Å². The molecule has 1 aromatic heterocycles. The predicted octanol–water partition coefficient (Wildman–Crippen LogP) is 1.73. The highest BCUT2D eigenvalue weighted by molar-refractivity contribution is 5.15. The Balaban J connectivity index is 1.85. The largest absolute Gasteiger partial charge is 0.469 e. The molecule has 15 heavy (non-hydrogen) atoms. The SMILES string of the molecule is CCN1CCN(Cc2ccoc2C)CC1. The van der Waals surface area contributed by atoms with Gasteiger partial charge in [0.25, 0.3) is 0 Å². The number of hydrogen-bond donors (Lipinski definition) is 0. The third-order valence-electron chi connectivity index (χ3n) is 3.27. The molecule has 1 fully saturated rings. The van der Waals surface area contributed by atoms with Crippen LogP contribution in [0.15, 0.2) is 16.7 Å². The van der Waals surface area contributed by atoms with E-state index in [4.69, 9.17) is 4.42 Å². The van der Waals surface area contributed by atoms with Gasteiger partial charge in [0, 0.05) is 38.3 Å². The van der Waals surface area contributed by atoms with Crippen molar-refractivity contribution in [1.82, 2.24) is 9.80 Å². The Kier molecular flexibility index (Phi) is 3.44. The molecule has 1 aliphatic rings. The number of rotatable bonds is 3. The Morgan fingerprint density at radius 1 is 1.20 bits per heavy atom. The fourth-order valence-electron chi connectivity index (χ4n) is 2.08. The van der Waals surface area contributed by atoms with Crippen LogP contribution in [0.4, 0.5) is 0 Å². The molecule has 1 aliphatic heterocycles. The van der Waals surface area contributed by atoms with Crippen molar-refractivity contribution in [2.45, 2.75) is 20.4 Å². The van der Waals surface area contributed by atoms with Gasteiger partial charge in [-0.2, -0.15) is 0 Å². The van der Waals surface area contributed by atoms with E-state index in [-0.39, 0.29) is 0 Å². The summed E-state index contributed by atoms with van der Waals surface area (Å²) in [5.41, 5.74) is 1.33. The average molecular weight is 208 g/mol. The molecule has 2 rings (SSSR count).